The number of rotatable bonds is 7. The van der Waals surface area contributed by atoms with Crippen LogP contribution in [-0.4, -0.2) is 45.3 Å². The molecule has 0 saturated carbocycles. The molecule has 0 fully saturated rings. The number of nitrogens with one attached hydrogen (secondary N) is 2. The Bertz CT molecular complexity index is 1560. The fourth-order valence-electron chi connectivity index (χ4n) is 4.17. The van der Waals surface area contributed by atoms with E-state index in [9.17, 15) is 13.2 Å². The molecule has 0 spiro atoms. The van der Waals surface area contributed by atoms with Crippen molar-refractivity contribution in [3.63, 3.8) is 0 Å². The Morgan fingerprint density at radius 2 is 1.81 bits per heavy atom. The first-order valence-electron chi connectivity index (χ1n) is 11.5. The lowest BCUT2D eigenvalue weighted by Crippen LogP contribution is -2.40. The summed E-state index contributed by atoms with van der Waals surface area (Å²) in [6, 6.07) is 9.12. The second kappa shape index (κ2) is 9.90. The van der Waals surface area contributed by atoms with Crippen LogP contribution in [0, 0.1) is 20.8 Å². The SMILES string of the molecule is CCc1nc2c(C)cc(C)nc2n1-c1ccc(CCNC(=O)NS(=O)(=O)c2c(C)nn(C)c2Cl)cc1. The van der Waals surface area contributed by atoms with Crippen LogP contribution in [0.25, 0.3) is 16.9 Å². The van der Waals surface area contributed by atoms with E-state index >= 15 is 0 Å². The summed E-state index contributed by atoms with van der Waals surface area (Å²) in [4.78, 5) is 21.5. The van der Waals surface area contributed by atoms with Crippen molar-refractivity contribution in [1.82, 2.24) is 34.4 Å². The fraction of sp³-hybridized carbons (Fsp3) is 0.333. The molecule has 0 radical (unpaired) electrons. The van der Waals surface area contributed by atoms with E-state index in [2.05, 4.69) is 21.9 Å². The Balaban J connectivity index is 1.42. The summed E-state index contributed by atoms with van der Waals surface area (Å²) in [5, 5.41) is 6.48. The van der Waals surface area contributed by atoms with Gasteiger partial charge in [0, 0.05) is 31.4 Å². The Labute approximate surface area is 214 Å². The number of pyridine rings is 1. The summed E-state index contributed by atoms with van der Waals surface area (Å²) in [5.41, 5.74) is 5.91. The first-order valence-corrected chi connectivity index (χ1v) is 13.3. The van der Waals surface area contributed by atoms with Crippen molar-refractivity contribution in [2.75, 3.05) is 6.54 Å². The monoisotopic (exact) mass is 529 g/mol. The van der Waals surface area contributed by atoms with Crippen molar-refractivity contribution in [2.24, 2.45) is 7.05 Å². The van der Waals surface area contributed by atoms with E-state index in [0.29, 0.717) is 6.42 Å². The maximum absolute atomic E-state index is 12.5. The molecule has 0 aliphatic heterocycles. The Kier molecular flexibility index (Phi) is 7.05. The molecule has 0 saturated heterocycles. The molecule has 12 heteroatoms. The maximum atomic E-state index is 12.5. The Hall–Kier alpha value is -3.44. The molecule has 10 nitrogen and oxygen atoms in total. The smallest absolute Gasteiger partial charge is 0.328 e. The van der Waals surface area contributed by atoms with E-state index < -0.39 is 16.1 Å². The molecule has 0 aliphatic rings. The van der Waals surface area contributed by atoms with E-state index in [1.807, 2.05) is 48.9 Å². The molecular formula is C24H28ClN7O3S. The average molecular weight is 530 g/mol. The number of halogens is 1. The molecule has 190 valence electrons. The number of carbonyl (C=O) groups excluding carboxylic acids is 1. The number of hydrogen-bond acceptors (Lipinski definition) is 6. The minimum Gasteiger partial charge on any atom is -0.337 e. The predicted molar refractivity (Wildman–Crippen MR) is 138 cm³/mol. The number of urea groups is 1. The fourth-order valence-corrected chi connectivity index (χ4v) is 5.85. The largest absolute Gasteiger partial charge is 0.337 e. The highest BCUT2D eigenvalue weighted by Gasteiger charge is 2.27. The van der Waals surface area contributed by atoms with Gasteiger partial charge in [0.15, 0.2) is 5.65 Å². The van der Waals surface area contributed by atoms with Gasteiger partial charge >= 0.3 is 6.03 Å². The van der Waals surface area contributed by atoms with E-state index in [-0.39, 0.29) is 22.3 Å². The van der Waals surface area contributed by atoms with Gasteiger partial charge in [-0.05, 0) is 56.5 Å². The number of sulfonamides is 1. The maximum Gasteiger partial charge on any atom is 0.328 e. The van der Waals surface area contributed by atoms with Gasteiger partial charge in [0.25, 0.3) is 10.0 Å². The molecule has 36 heavy (non-hydrogen) atoms. The second-order valence-electron chi connectivity index (χ2n) is 8.58. The number of nitrogens with zero attached hydrogens (tertiary/aromatic N) is 5. The Morgan fingerprint density at radius 1 is 1.11 bits per heavy atom. The molecule has 0 unspecified atom stereocenters. The third kappa shape index (κ3) is 4.93. The van der Waals surface area contributed by atoms with Crippen LogP contribution in [0.15, 0.2) is 35.2 Å². The zero-order valence-electron chi connectivity index (χ0n) is 20.8. The van der Waals surface area contributed by atoms with Crippen molar-refractivity contribution in [3.05, 3.63) is 63.8 Å². The van der Waals surface area contributed by atoms with Crippen molar-refractivity contribution < 1.29 is 13.2 Å². The molecule has 1 aromatic carbocycles. The first-order chi connectivity index (χ1) is 17.0. The summed E-state index contributed by atoms with van der Waals surface area (Å²) in [6.45, 7) is 7.83. The normalized spacial score (nSPS) is 11.7. The van der Waals surface area contributed by atoms with Crippen LogP contribution in [-0.2, 0) is 29.9 Å². The van der Waals surface area contributed by atoms with Crippen molar-refractivity contribution >= 4 is 38.8 Å². The first kappa shape index (κ1) is 25.6. The number of hydrogen-bond donors (Lipinski definition) is 2. The average Bonchev–Trinajstić information content (AvgIpc) is 3.30. The quantitative estimate of drug-likeness (QED) is 0.377. The van der Waals surface area contributed by atoms with Gasteiger partial charge in [-0.15, -0.1) is 0 Å². The highest BCUT2D eigenvalue weighted by molar-refractivity contribution is 7.90. The minimum absolute atomic E-state index is 0.0645. The third-order valence-corrected chi connectivity index (χ3v) is 7.84. The standard InChI is InChI=1S/C24H28ClN7O3S/c1-6-19-28-20-14(2)13-15(3)27-23(20)32(19)18-9-7-17(8-10-18)11-12-26-24(33)30-36(34,35)21-16(4)29-31(5)22(21)25/h7-10,13H,6,11-12H2,1-5H3,(H2,26,30,33). The van der Waals surface area contributed by atoms with Crippen LogP contribution < -0.4 is 10.0 Å². The van der Waals surface area contributed by atoms with Gasteiger partial charge in [-0.1, -0.05) is 30.7 Å². The predicted octanol–water partition coefficient (Wildman–Crippen LogP) is 3.53. The van der Waals surface area contributed by atoms with Crippen LogP contribution >= 0.6 is 11.6 Å². The Morgan fingerprint density at radius 3 is 2.42 bits per heavy atom. The van der Waals surface area contributed by atoms with Gasteiger partial charge in [0.05, 0.1) is 5.69 Å². The van der Waals surface area contributed by atoms with Crippen molar-refractivity contribution in [1.29, 1.82) is 0 Å². The molecule has 4 aromatic rings. The zero-order chi connectivity index (χ0) is 26.2. The summed E-state index contributed by atoms with van der Waals surface area (Å²) in [5.74, 6) is 0.933. The molecule has 2 amide bonds. The van der Waals surface area contributed by atoms with Crippen LogP contribution in [0.2, 0.25) is 5.15 Å². The van der Waals surface area contributed by atoms with Crippen molar-refractivity contribution in [3.8, 4) is 5.69 Å². The number of amides is 2. The van der Waals surface area contributed by atoms with Gasteiger partial charge in [-0.2, -0.15) is 5.10 Å². The molecular weight excluding hydrogens is 502 g/mol. The number of benzene rings is 1. The summed E-state index contributed by atoms with van der Waals surface area (Å²) in [7, 11) is -2.62. The van der Waals surface area contributed by atoms with E-state index in [1.165, 1.54) is 18.7 Å². The van der Waals surface area contributed by atoms with Gasteiger partial charge in [0.1, 0.15) is 21.4 Å². The van der Waals surface area contributed by atoms with Crippen molar-refractivity contribution in [2.45, 2.75) is 45.4 Å². The second-order valence-corrected chi connectivity index (χ2v) is 10.6. The van der Waals surface area contributed by atoms with E-state index in [1.54, 1.807) is 0 Å². The van der Waals surface area contributed by atoms with E-state index in [0.717, 1.165) is 45.9 Å². The number of aromatic nitrogens is 5. The van der Waals surface area contributed by atoms with Gasteiger partial charge in [-0.3, -0.25) is 9.25 Å². The summed E-state index contributed by atoms with van der Waals surface area (Å²) in [6.07, 6.45) is 1.28. The van der Waals surface area contributed by atoms with Gasteiger partial charge < -0.3 is 5.32 Å². The third-order valence-electron chi connectivity index (χ3n) is 5.81. The number of fused-ring (bicyclic) bond motifs is 1. The molecule has 2 N–H and O–H groups in total. The highest BCUT2D eigenvalue weighted by Crippen LogP contribution is 2.25. The van der Waals surface area contributed by atoms with Crippen LogP contribution in [0.5, 0.6) is 0 Å². The van der Waals surface area contributed by atoms with E-state index in [4.69, 9.17) is 21.6 Å². The summed E-state index contributed by atoms with van der Waals surface area (Å²) < 4.78 is 30.4. The molecule has 0 atom stereocenters. The molecule has 3 aromatic heterocycles. The van der Waals surface area contributed by atoms with Gasteiger partial charge in [0.2, 0.25) is 0 Å². The lowest BCUT2D eigenvalue weighted by Gasteiger charge is -2.11. The zero-order valence-corrected chi connectivity index (χ0v) is 22.3. The van der Waals surface area contributed by atoms with Crippen LogP contribution in [0.4, 0.5) is 4.79 Å². The van der Waals surface area contributed by atoms with Gasteiger partial charge in [-0.25, -0.2) is 27.9 Å². The minimum atomic E-state index is -4.15. The number of carbonyl (C=O) groups is 1. The molecule has 3 heterocycles. The lowest BCUT2D eigenvalue weighted by atomic mass is 10.1. The van der Waals surface area contributed by atoms with Crippen LogP contribution in [0.1, 0.15) is 35.3 Å². The molecule has 0 aliphatic carbocycles. The topological polar surface area (TPSA) is 124 Å². The summed E-state index contributed by atoms with van der Waals surface area (Å²) >= 11 is 6.02. The number of imidazole rings is 1. The van der Waals surface area contributed by atoms with Crippen LogP contribution in [0.3, 0.4) is 0 Å². The lowest BCUT2D eigenvalue weighted by molar-refractivity contribution is 0.246. The number of aryl methyl sites for hydroxylation is 5. The highest BCUT2D eigenvalue weighted by atomic mass is 35.5. The molecule has 4 rings (SSSR count). The molecule has 0 bridgehead atoms.